The lowest BCUT2D eigenvalue weighted by molar-refractivity contribution is -0.139. The minimum Gasteiger partial charge on any atom is -0.370 e. The van der Waals surface area contributed by atoms with Crippen molar-refractivity contribution in [1.82, 2.24) is 14.7 Å². The lowest BCUT2D eigenvalue weighted by atomic mass is 10.2. The number of halogens is 3. The van der Waals surface area contributed by atoms with Crippen molar-refractivity contribution in [3.63, 3.8) is 0 Å². The summed E-state index contributed by atoms with van der Waals surface area (Å²) >= 11 is 0. The summed E-state index contributed by atoms with van der Waals surface area (Å²) in [5, 5.41) is 5.95. The van der Waals surface area contributed by atoms with Crippen LogP contribution in [0.15, 0.2) is 35.2 Å². The molecule has 7 nitrogen and oxygen atoms in total. The maximum absolute atomic E-state index is 13.0. The fourth-order valence-corrected chi connectivity index (χ4v) is 3.58. The summed E-state index contributed by atoms with van der Waals surface area (Å²) in [6.45, 7) is 4.32. The first-order chi connectivity index (χ1) is 12.6. The average Bonchev–Trinajstić information content (AvgIpc) is 2.58. The van der Waals surface area contributed by atoms with Gasteiger partial charge in [-0.3, -0.25) is 0 Å². The highest BCUT2D eigenvalue weighted by Gasteiger charge is 2.36. The number of nitrogens with zero attached hydrogens (tertiary/aromatic N) is 2. The van der Waals surface area contributed by atoms with Crippen LogP contribution in [0.1, 0.15) is 18.3 Å². The highest BCUT2D eigenvalue weighted by atomic mass is 32.2. The van der Waals surface area contributed by atoms with Crippen LogP contribution in [0.4, 0.5) is 24.8 Å². The molecule has 148 valence electrons. The van der Waals surface area contributed by atoms with Crippen molar-refractivity contribution in [2.45, 2.75) is 24.9 Å². The van der Waals surface area contributed by atoms with Crippen molar-refractivity contribution in [1.29, 1.82) is 0 Å². The van der Waals surface area contributed by atoms with E-state index in [1.54, 1.807) is 13.0 Å². The monoisotopic (exact) mass is 403 g/mol. The summed E-state index contributed by atoms with van der Waals surface area (Å²) in [5.74, 6) is 1.62. The zero-order chi connectivity index (χ0) is 20.1. The Kier molecular flexibility index (Phi) is 6.60. The number of aromatic nitrogens is 2. The van der Waals surface area contributed by atoms with Gasteiger partial charge in [-0.2, -0.15) is 13.2 Å². The van der Waals surface area contributed by atoms with Crippen LogP contribution in [0.3, 0.4) is 0 Å². The molecule has 0 bridgehead atoms. The van der Waals surface area contributed by atoms with Gasteiger partial charge >= 0.3 is 6.18 Å². The van der Waals surface area contributed by atoms with Gasteiger partial charge in [0.05, 0.1) is 10.5 Å². The number of nitrogens with one attached hydrogen (secondary N) is 3. The van der Waals surface area contributed by atoms with Crippen LogP contribution in [0.5, 0.6) is 0 Å². The van der Waals surface area contributed by atoms with E-state index in [0.717, 1.165) is 18.2 Å². The van der Waals surface area contributed by atoms with Crippen LogP contribution in [-0.2, 0) is 16.2 Å². The van der Waals surface area contributed by atoms with Crippen molar-refractivity contribution in [2.75, 3.05) is 30.3 Å². The van der Waals surface area contributed by atoms with E-state index in [0.29, 0.717) is 24.0 Å². The molecule has 0 spiro atoms. The number of hydrogen-bond acceptors (Lipinski definition) is 6. The van der Waals surface area contributed by atoms with Gasteiger partial charge in [-0.25, -0.2) is 23.1 Å². The molecule has 1 aromatic carbocycles. The van der Waals surface area contributed by atoms with Crippen LogP contribution < -0.4 is 15.4 Å². The molecule has 2 rings (SSSR count). The van der Waals surface area contributed by atoms with Crippen LogP contribution in [-0.4, -0.2) is 38.0 Å². The molecule has 0 radical (unpaired) electrons. The Morgan fingerprint density at radius 1 is 1.04 bits per heavy atom. The van der Waals surface area contributed by atoms with Crippen molar-refractivity contribution in [3.8, 4) is 0 Å². The molecule has 27 heavy (non-hydrogen) atoms. The van der Waals surface area contributed by atoms with Crippen LogP contribution in [0, 0.1) is 6.92 Å². The molecular formula is C16H20F3N5O2S. The molecule has 0 aliphatic rings. The predicted molar refractivity (Wildman–Crippen MR) is 96.1 cm³/mol. The number of anilines is 2. The number of sulfonamides is 1. The summed E-state index contributed by atoms with van der Waals surface area (Å²) in [5.41, 5.74) is -1.20. The maximum Gasteiger partial charge on any atom is 0.417 e. The molecule has 0 aliphatic heterocycles. The van der Waals surface area contributed by atoms with Gasteiger partial charge in [0.25, 0.3) is 0 Å². The molecule has 0 amide bonds. The number of rotatable bonds is 8. The van der Waals surface area contributed by atoms with Gasteiger partial charge in [0.15, 0.2) is 0 Å². The standard InChI is InChI=1S/C16H20F3N5O2S/c1-3-20-14-10-15(24-11(2)23-14)21-8-9-22-27(25,26)13-7-5-4-6-12(13)16(17,18)19/h4-7,10,22H,3,8-9H2,1-2H3,(H2,20,21,23,24). The first-order valence-electron chi connectivity index (χ1n) is 8.13. The Morgan fingerprint density at radius 2 is 1.67 bits per heavy atom. The van der Waals surface area contributed by atoms with Gasteiger partial charge in [-0.05, 0) is 26.0 Å². The predicted octanol–water partition coefficient (Wildman–Crippen LogP) is 2.63. The molecule has 0 atom stereocenters. The minimum atomic E-state index is -4.76. The fourth-order valence-electron chi connectivity index (χ4n) is 2.32. The maximum atomic E-state index is 13.0. The molecule has 3 N–H and O–H groups in total. The summed E-state index contributed by atoms with van der Waals surface area (Å²) in [7, 11) is -4.31. The first-order valence-corrected chi connectivity index (χ1v) is 9.61. The Balaban J connectivity index is 2.02. The third-order valence-electron chi connectivity index (χ3n) is 3.40. The number of alkyl halides is 3. The third kappa shape index (κ3) is 5.79. The highest BCUT2D eigenvalue weighted by Crippen LogP contribution is 2.33. The van der Waals surface area contributed by atoms with Crippen molar-refractivity contribution >= 4 is 21.7 Å². The number of benzene rings is 1. The Hall–Kier alpha value is -2.40. The van der Waals surface area contributed by atoms with Crippen LogP contribution >= 0.6 is 0 Å². The average molecular weight is 403 g/mol. The Bertz CT molecular complexity index is 888. The van der Waals surface area contributed by atoms with Gasteiger partial charge < -0.3 is 10.6 Å². The fraction of sp³-hybridized carbons (Fsp3) is 0.375. The van der Waals surface area contributed by atoms with Crippen LogP contribution in [0.2, 0.25) is 0 Å². The molecule has 0 saturated carbocycles. The summed E-state index contributed by atoms with van der Waals surface area (Å²) in [6.07, 6.45) is -4.76. The zero-order valence-electron chi connectivity index (χ0n) is 14.8. The second kappa shape index (κ2) is 8.53. The zero-order valence-corrected chi connectivity index (χ0v) is 15.6. The molecule has 0 fully saturated rings. The largest absolute Gasteiger partial charge is 0.417 e. The molecule has 1 aromatic heterocycles. The van der Waals surface area contributed by atoms with E-state index in [1.165, 1.54) is 6.07 Å². The lowest BCUT2D eigenvalue weighted by Crippen LogP contribution is -2.30. The lowest BCUT2D eigenvalue weighted by Gasteiger charge is -2.14. The topological polar surface area (TPSA) is 96.0 Å². The normalized spacial score (nSPS) is 12.0. The molecule has 11 heteroatoms. The summed E-state index contributed by atoms with van der Waals surface area (Å²) in [6, 6.07) is 5.70. The molecule has 0 saturated heterocycles. The van der Waals surface area contributed by atoms with E-state index < -0.39 is 26.7 Å². The molecule has 1 heterocycles. The summed E-state index contributed by atoms with van der Waals surface area (Å²) in [4.78, 5) is 7.55. The highest BCUT2D eigenvalue weighted by molar-refractivity contribution is 7.89. The number of aryl methyl sites for hydroxylation is 1. The quantitative estimate of drug-likeness (QED) is 0.587. The molecule has 2 aromatic rings. The van der Waals surface area contributed by atoms with E-state index in [9.17, 15) is 21.6 Å². The smallest absolute Gasteiger partial charge is 0.370 e. The first kappa shape index (κ1) is 20.9. The van der Waals surface area contributed by atoms with Crippen molar-refractivity contribution in [3.05, 3.63) is 41.7 Å². The van der Waals surface area contributed by atoms with E-state index in [1.807, 2.05) is 6.92 Å². The molecule has 0 aliphatic carbocycles. The molecule has 0 unspecified atom stereocenters. The van der Waals surface area contributed by atoms with Gasteiger partial charge in [0.1, 0.15) is 17.5 Å². The van der Waals surface area contributed by atoms with Gasteiger partial charge in [0.2, 0.25) is 10.0 Å². The van der Waals surface area contributed by atoms with E-state index in [4.69, 9.17) is 0 Å². The second-order valence-corrected chi connectivity index (χ2v) is 7.27. The Morgan fingerprint density at radius 3 is 2.30 bits per heavy atom. The third-order valence-corrected chi connectivity index (χ3v) is 4.92. The van der Waals surface area contributed by atoms with E-state index in [2.05, 4.69) is 25.3 Å². The van der Waals surface area contributed by atoms with E-state index in [-0.39, 0.29) is 13.1 Å². The Labute approximate surface area is 155 Å². The SMILES string of the molecule is CCNc1cc(NCCNS(=O)(=O)c2ccccc2C(F)(F)F)nc(C)n1. The van der Waals surface area contributed by atoms with Crippen molar-refractivity contribution in [2.24, 2.45) is 0 Å². The van der Waals surface area contributed by atoms with Crippen molar-refractivity contribution < 1.29 is 21.6 Å². The van der Waals surface area contributed by atoms with Gasteiger partial charge in [-0.15, -0.1) is 0 Å². The summed E-state index contributed by atoms with van der Waals surface area (Å²) < 4.78 is 65.6. The molecular weight excluding hydrogens is 383 g/mol. The second-order valence-electron chi connectivity index (χ2n) is 5.53. The number of hydrogen-bond donors (Lipinski definition) is 3. The van der Waals surface area contributed by atoms with Gasteiger partial charge in [-0.1, -0.05) is 12.1 Å². The van der Waals surface area contributed by atoms with Crippen LogP contribution in [0.25, 0.3) is 0 Å². The van der Waals surface area contributed by atoms with Gasteiger partial charge in [0, 0.05) is 25.7 Å². The minimum absolute atomic E-state index is 0.117. The van der Waals surface area contributed by atoms with E-state index >= 15 is 0 Å².